The summed E-state index contributed by atoms with van der Waals surface area (Å²) in [5, 5.41) is 9.66. The first-order chi connectivity index (χ1) is 7.54. The molecule has 0 aromatic carbocycles. The maximum absolute atomic E-state index is 13.4. The second-order valence-corrected chi connectivity index (χ2v) is 4.13. The number of rotatable bonds is 1. The largest absolute Gasteiger partial charge is 0.342 e. The van der Waals surface area contributed by atoms with Crippen molar-refractivity contribution in [3.63, 3.8) is 0 Å². The number of hydrogen-bond donors (Lipinski definition) is 1. The fourth-order valence-corrected chi connectivity index (χ4v) is 1.76. The van der Waals surface area contributed by atoms with Gasteiger partial charge in [0, 0.05) is 11.1 Å². The first-order valence-electron chi connectivity index (χ1n) is 5.13. The van der Waals surface area contributed by atoms with Gasteiger partial charge < -0.3 is 4.98 Å². The first kappa shape index (κ1) is 10.6. The van der Waals surface area contributed by atoms with Crippen LogP contribution in [0.3, 0.4) is 0 Å². The number of nitrogens with one attached hydrogen (secondary N) is 1. The Morgan fingerprint density at radius 2 is 2.19 bits per heavy atom. The van der Waals surface area contributed by atoms with Crippen LogP contribution in [0, 0.1) is 24.1 Å². The normalized spacial score (nSPS) is 11.0. The Bertz CT molecular complexity index is 590. The van der Waals surface area contributed by atoms with E-state index in [0.29, 0.717) is 22.3 Å². The van der Waals surface area contributed by atoms with E-state index in [-0.39, 0.29) is 11.7 Å². The molecule has 0 unspecified atom stereocenters. The van der Waals surface area contributed by atoms with Gasteiger partial charge in [-0.15, -0.1) is 0 Å². The smallest absolute Gasteiger partial charge is 0.145 e. The van der Waals surface area contributed by atoms with Crippen LogP contribution in [0.2, 0.25) is 0 Å². The molecule has 0 bridgehead atoms. The third-order valence-corrected chi connectivity index (χ3v) is 2.63. The van der Waals surface area contributed by atoms with E-state index < -0.39 is 0 Å². The third kappa shape index (κ3) is 1.45. The molecule has 1 N–H and O–H groups in total. The van der Waals surface area contributed by atoms with Gasteiger partial charge in [-0.3, -0.25) is 0 Å². The maximum Gasteiger partial charge on any atom is 0.145 e. The summed E-state index contributed by atoms with van der Waals surface area (Å²) in [6.07, 6.45) is 0. The van der Waals surface area contributed by atoms with E-state index in [0.717, 1.165) is 5.69 Å². The standard InChI is InChI=1S/C12H12FN3/c1-6(2)11-9(5-14)8-4-10(13)7(3)15-12(8)16-11/h4,6H,1-3H3,(H,15,16). The molecule has 16 heavy (non-hydrogen) atoms. The molecule has 82 valence electrons. The van der Waals surface area contributed by atoms with Crippen molar-refractivity contribution in [3.8, 4) is 6.07 Å². The Hall–Kier alpha value is -1.89. The fourth-order valence-electron chi connectivity index (χ4n) is 1.76. The topological polar surface area (TPSA) is 52.5 Å². The molecule has 2 aromatic rings. The molecule has 2 rings (SSSR count). The molecule has 2 heterocycles. The Morgan fingerprint density at radius 1 is 1.50 bits per heavy atom. The number of halogens is 1. The lowest BCUT2D eigenvalue weighted by Gasteiger charge is -2.00. The SMILES string of the molecule is Cc1nc2[nH]c(C(C)C)c(C#N)c2cc1F. The lowest BCUT2D eigenvalue weighted by atomic mass is 10.1. The monoisotopic (exact) mass is 217 g/mol. The lowest BCUT2D eigenvalue weighted by Crippen LogP contribution is -1.90. The number of H-pyrrole nitrogens is 1. The van der Waals surface area contributed by atoms with Gasteiger partial charge >= 0.3 is 0 Å². The molecule has 0 fully saturated rings. The zero-order valence-corrected chi connectivity index (χ0v) is 9.43. The number of hydrogen-bond acceptors (Lipinski definition) is 2. The molecule has 0 atom stereocenters. The number of nitriles is 1. The first-order valence-corrected chi connectivity index (χ1v) is 5.13. The van der Waals surface area contributed by atoms with E-state index in [1.54, 1.807) is 6.92 Å². The third-order valence-electron chi connectivity index (χ3n) is 2.63. The van der Waals surface area contributed by atoms with Crippen molar-refractivity contribution >= 4 is 11.0 Å². The Balaban J connectivity index is 2.84. The van der Waals surface area contributed by atoms with Crippen molar-refractivity contribution < 1.29 is 4.39 Å². The number of pyridine rings is 1. The van der Waals surface area contributed by atoms with E-state index in [4.69, 9.17) is 5.26 Å². The highest BCUT2D eigenvalue weighted by Crippen LogP contribution is 2.26. The molecule has 0 saturated heterocycles. The Kier molecular flexibility index (Phi) is 2.39. The van der Waals surface area contributed by atoms with Gasteiger partial charge in [0.25, 0.3) is 0 Å². The molecule has 0 amide bonds. The molecule has 3 nitrogen and oxygen atoms in total. The maximum atomic E-state index is 13.4. The van der Waals surface area contributed by atoms with Gasteiger partial charge in [-0.25, -0.2) is 9.37 Å². The van der Waals surface area contributed by atoms with Gasteiger partial charge in [0.1, 0.15) is 17.5 Å². The van der Waals surface area contributed by atoms with Gasteiger partial charge in [-0.1, -0.05) is 13.8 Å². The van der Waals surface area contributed by atoms with Crippen LogP contribution < -0.4 is 0 Å². The summed E-state index contributed by atoms with van der Waals surface area (Å²) in [6.45, 7) is 5.57. The second kappa shape index (κ2) is 3.60. The predicted molar refractivity (Wildman–Crippen MR) is 59.6 cm³/mol. The van der Waals surface area contributed by atoms with Crippen molar-refractivity contribution in [1.29, 1.82) is 5.26 Å². The minimum absolute atomic E-state index is 0.187. The van der Waals surface area contributed by atoms with Crippen LogP contribution in [-0.4, -0.2) is 9.97 Å². The minimum Gasteiger partial charge on any atom is -0.342 e. The number of fused-ring (bicyclic) bond motifs is 1. The Labute approximate surface area is 92.9 Å². The summed E-state index contributed by atoms with van der Waals surface area (Å²) in [4.78, 5) is 7.19. The highest BCUT2D eigenvalue weighted by molar-refractivity contribution is 5.84. The van der Waals surface area contributed by atoms with Crippen LogP contribution in [0.4, 0.5) is 4.39 Å². The average Bonchev–Trinajstić information content (AvgIpc) is 2.57. The van der Waals surface area contributed by atoms with Crippen molar-refractivity contribution in [1.82, 2.24) is 9.97 Å². The number of aryl methyl sites for hydroxylation is 1. The molecule has 2 aromatic heterocycles. The van der Waals surface area contributed by atoms with E-state index >= 15 is 0 Å². The average molecular weight is 217 g/mol. The zero-order chi connectivity index (χ0) is 11.9. The minimum atomic E-state index is -0.377. The quantitative estimate of drug-likeness (QED) is 0.798. The molecule has 0 saturated carbocycles. The fraction of sp³-hybridized carbons (Fsp3) is 0.333. The van der Waals surface area contributed by atoms with Crippen LogP contribution >= 0.6 is 0 Å². The van der Waals surface area contributed by atoms with Crippen LogP contribution in [0.5, 0.6) is 0 Å². The van der Waals surface area contributed by atoms with Gasteiger partial charge in [0.15, 0.2) is 0 Å². The second-order valence-electron chi connectivity index (χ2n) is 4.13. The van der Waals surface area contributed by atoms with Crippen LogP contribution in [-0.2, 0) is 0 Å². The summed E-state index contributed by atoms with van der Waals surface area (Å²) in [7, 11) is 0. The predicted octanol–water partition coefficient (Wildman–Crippen LogP) is 3.01. The molecule has 0 aliphatic rings. The summed E-state index contributed by atoms with van der Waals surface area (Å²) in [5.41, 5.74) is 2.24. The van der Waals surface area contributed by atoms with Crippen LogP contribution in [0.25, 0.3) is 11.0 Å². The molecular weight excluding hydrogens is 205 g/mol. The number of aromatic amines is 1. The van der Waals surface area contributed by atoms with Gasteiger partial charge in [-0.2, -0.15) is 5.26 Å². The zero-order valence-electron chi connectivity index (χ0n) is 9.43. The van der Waals surface area contributed by atoms with Crippen molar-refractivity contribution in [2.24, 2.45) is 0 Å². The van der Waals surface area contributed by atoms with E-state index in [1.807, 2.05) is 13.8 Å². The summed E-state index contributed by atoms with van der Waals surface area (Å²) >= 11 is 0. The molecule has 0 aliphatic heterocycles. The molecule has 4 heteroatoms. The highest BCUT2D eigenvalue weighted by atomic mass is 19.1. The van der Waals surface area contributed by atoms with Crippen molar-refractivity contribution in [2.75, 3.05) is 0 Å². The summed E-state index contributed by atoms with van der Waals surface area (Å²) in [5.74, 6) is -0.189. The highest BCUT2D eigenvalue weighted by Gasteiger charge is 2.16. The molecular formula is C12H12FN3. The van der Waals surface area contributed by atoms with Crippen LogP contribution in [0.1, 0.15) is 36.7 Å². The van der Waals surface area contributed by atoms with Crippen molar-refractivity contribution in [2.45, 2.75) is 26.7 Å². The molecule has 0 spiro atoms. The Morgan fingerprint density at radius 3 is 2.75 bits per heavy atom. The van der Waals surface area contributed by atoms with E-state index in [1.165, 1.54) is 6.07 Å². The van der Waals surface area contributed by atoms with E-state index in [9.17, 15) is 4.39 Å². The van der Waals surface area contributed by atoms with Gasteiger partial charge in [0.2, 0.25) is 0 Å². The molecule has 0 aliphatic carbocycles. The van der Waals surface area contributed by atoms with Gasteiger partial charge in [-0.05, 0) is 18.9 Å². The van der Waals surface area contributed by atoms with E-state index in [2.05, 4.69) is 16.0 Å². The summed E-state index contributed by atoms with van der Waals surface area (Å²) < 4.78 is 13.4. The number of nitrogens with zero attached hydrogens (tertiary/aromatic N) is 2. The summed E-state index contributed by atoms with van der Waals surface area (Å²) in [6, 6.07) is 3.48. The lowest BCUT2D eigenvalue weighted by molar-refractivity contribution is 0.613. The molecule has 0 radical (unpaired) electrons. The van der Waals surface area contributed by atoms with Crippen LogP contribution in [0.15, 0.2) is 6.07 Å². The number of aromatic nitrogens is 2. The van der Waals surface area contributed by atoms with Crippen molar-refractivity contribution in [3.05, 3.63) is 28.8 Å². The van der Waals surface area contributed by atoms with Gasteiger partial charge in [0.05, 0.1) is 11.3 Å².